The molecule has 0 atom stereocenters. The van der Waals surface area contributed by atoms with Gasteiger partial charge in [0.1, 0.15) is 18.0 Å². The van der Waals surface area contributed by atoms with Gasteiger partial charge in [0.15, 0.2) is 0 Å². The predicted molar refractivity (Wildman–Crippen MR) is 46.8 cm³/mol. The average molecular weight is 168 g/mol. The van der Waals surface area contributed by atoms with Crippen molar-refractivity contribution in [1.29, 1.82) is 0 Å². The standard InChI is InChI=1S/C7H12N4O/c1-5-6(8)10-4-11-7(5)9-2-3-12/h4,12H,2-3H2,1H3,(H3,8,9,10,11). The molecule has 0 fully saturated rings. The quantitative estimate of drug-likeness (QED) is 0.580. The summed E-state index contributed by atoms with van der Waals surface area (Å²) in [7, 11) is 0. The van der Waals surface area contributed by atoms with E-state index < -0.39 is 0 Å². The van der Waals surface area contributed by atoms with Crippen LogP contribution in [0.5, 0.6) is 0 Å². The number of nitrogen functional groups attached to an aromatic ring is 1. The maximum absolute atomic E-state index is 8.55. The molecule has 0 unspecified atom stereocenters. The number of nitrogens with zero attached hydrogens (tertiary/aromatic N) is 2. The summed E-state index contributed by atoms with van der Waals surface area (Å²) in [5.74, 6) is 1.14. The molecule has 4 N–H and O–H groups in total. The highest BCUT2D eigenvalue weighted by atomic mass is 16.3. The SMILES string of the molecule is Cc1c(N)ncnc1NCCO. The van der Waals surface area contributed by atoms with Crippen LogP contribution in [-0.4, -0.2) is 28.2 Å². The van der Waals surface area contributed by atoms with Gasteiger partial charge in [-0.3, -0.25) is 0 Å². The van der Waals surface area contributed by atoms with Crippen LogP contribution in [0.2, 0.25) is 0 Å². The van der Waals surface area contributed by atoms with Crippen molar-refractivity contribution < 1.29 is 5.11 Å². The lowest BCUT2D eigenvalue weighted by Crippen LogP contribution is -2.09. The molecule has 0 spiro atoms. The van der Waals surface area contributed by atoms with E-state index in [4.69, 9.17) is 10.8 Å². The molecule has 5 nitrogen and oxygen atoms in total. The van der Waals surface area contributed by atoms with Crippen LogP contribution < -0.4 is 11.1 Å². The van der Waals surface area contributed by atoms with Crippen LogP contribution in [0.25, 0.3) is 0 Å². The lowest BCUT2D eigenvalue weighted by atomic mass is 10.3. The average Bonchev–Trinajstić information content (AvgIpc) is 2.08. The molecule has 66 valence electrons. The molecule has 0 bridgehead atoms. The lowest BCUT2D eigenvalue weighted by molar-refractivity contribution is 0.311. The summed E-state index contributed by atoms with van der Waals surface area (Å²) in [6.45, 7) is 2.37. The molecule has 1 rings (SSSR count). The molecule has 0 amide bonds. The first-order chi connectivity index (χ1) is 5.75. The molecular weight excluding hydrogens is 156 g/mol. The van der Waals surface area contributed by atoms with E-state index >= 15 is 0 Å². The molecule has 5 heteroatoms. The zero-order chi connectivity index (χ0) is 8.97. The summed E-state index contributed by atoms with van der Waals surface area (Å²) < 4.78 is 0. The van der Waals surface area contributed by atoms with E-state index in [1.165, 1.54) is 6.33 Å². The molecule has 0 aliphatic heterocycles. The van der Waals surface area contributed by atoms with Crippen LogP contribution in [0.1, 0.15) is 5.56 Å². The first kappa shape index (κ1) is 8.73. The van der Waals surface area contributed by atoms with Crippen molar-refractivity contribution in [2.45, 2.75) is 6.92 Å². The van der Waals surface area contributed by atoms with Gasteiger partial charge in [0.2, 0.25) is 0 Å². The molecule has 0 aliphatic carbocycles. The topological polar surface area (TPSA) is 84.1 Å². The molecule has 12 heavy (non-hydrogen) atoms. The Morgan fingerprint density at radius 3 is 3.00 bits per heavy atom. The number of hydrogen-bond donors (Lipinski definition) is 3. The van der Waals surface area contributed by atoms with Crippen molar-refractivity contribution in [3.05, 3.63) is 11.9 Å². The summed E-state index contributed by atoms with van der Waals surface area (Å²) in [5, 5.41) is 11.5. The number of rotatable bonds is 3. The minimum absolute atomic E-state index is 0.0728. The largest absolute Gasteiger partial charge is 0.395 e. The third kappa shape index (κ3) is 1.82. The molecule has 0 aliphatic rings. The number of nitrogens with two attached hydrogens (primary N) is 1. The molecule has 0 saturated carbocycles. The van der Waals surface area contributed by atoms with Crippen molar-refractivity contribution in [2.24, 2.45) is 0 Å². The summed E-state index contributed by atoms with van der Waals surface area (Å²) in [6, 6.07) is 0. The number of anilines is 2. The Labute approximate surface area is 70.6 Å². The normalized spacial score (nSPS) is 9.83. The summed E-state index contributed by atoms with van der Waals surface area (Å²) in [4.78, 5) is 7.77. The monoisotopic (exact) mass is 168 g/mol. The molecule has 1 aromatic rings. The first-order valence-electron chi connectivity index (χ1n) is 3.67. The Bertz CT molecular complexity index is 264. The maximum Gasteiger partial charge on any atom is 0.134 e. The van der Waals surface area contributed by atoms with Crippen molar-refractivity contribution >= 4 is 11.6 Å². The smallest absolute Gasteiger partial charge is 0.134 e. The summed E-state index contributed by atoms with van der Waals surface area (Å²) in [6.07, 6.45) is 1.39. The molecule has 1 heterocycles. The Morgan fingerprint density at radius 2 is 2.33 bits per heavy atom. The maximum atomic E-state index is 8.55. The fraction of sp³-hybridized carbons (Fsp3) is 0.429. The minimum atomic E-state index is 0.0728. The minimum Gasteiger partial charge on any atom is -0.395 e. The van der Waals surface area contributed by atoms with Crippen molar-refractivity contribution in [3.63, 3.8) is 0 Å². The molecular formula is C7H12N4O. The number of aromatic nitrogens is 2. The number of nitrogens with one attached hydrogen (secondary N) is 1. The van der Waals surface area contributed by atoms with E-state index in [1.807, 2.05) is 6.92 Å². The molecule has 0 radical (unpaired) electrons. The van der Waals surface area contributed by atoms with Gasteiger partial charge in [0.25, 0.3) is 0 Å². The van der Waals surface area contributed by atoms with Crippen LogP contribution in [0.4, 0.5) is 11.6 Å². The Morgan fingerprint density at radius 1 is 1.58 bits per heavy atom. The zero-order valence-corrected chi connectivity index (χ0v) is 6.91. The highest BCUT2D eigenvalue weighted by Crippen LogP contribution is 2.13. The van der Waals surface area contributed by atoms with Gasteiger partial charge < -0.3 is 16.2 Å². The van der Waals surface area contributed by atoms with Gasteiger partial charge in [-0.25, -0.2) is 9.97 Å². The van der Waals surface area contributed by atoms with E-state index in [2.05, 4.69) is 15.3 Å². The van der Waals surface area contributed by atoms with Gasteiger partial charge in [-0.05, 0) is 6.92 Å². The van der Waals surface area contributed by atoms with Crippen LogP contribution in [0, 0.1) is 6.92 Å². The van der Waals surface area contributed by atoms with Crippen molar-refractivity contribution in [3.8, 4) is 0 Å². The highest BCUT2D eigenvalue weighted by molar-refractivity contribution is 5.53. The number of aliphatic hydroxyl groups is 1. The van der Waals surface area contributed by atoms with Crippen LogP contribution in [-0.2, 0) is 0 Å². The van der Waals surface area contributed by atoms with Crippen molar-refractivity contribution in [1.82, 2.24) is 9.97 Å². The molecule has 0 aromatic carbocycles. The fourth-order valence-electron chi connectivity index (χ4n) is 0.816. The van der Waals surface area contributed by atoms with Gasteiger partial charge in [0.05, 0.1) is 6.61 Å². The molecule has 0 saturated heterocycles. The van der Waals surface area contributed by atoms with Gasteiger partial charge in [-0.15, -0.1) is 0 Å². The zero-order valence-electron chi connectivity index (χ0n) is 6.91. The predicted octanol–water partition coefficient (Wildman–Crippen LogP) is -0.229. The van der Waals surface area contributed by atoms with Crippen molar-refractivity contribution in [2.75, 3.05) is 24.2 Å². The summed E-state index contributed by atoms with van der Waals surface area (Å²) >= 11 is 0. The Balaban J connectivity index is 2.78. The van der Waals surface area contributed by atoms with Gasteiger partial charge >= 0.3 is 0 Å². The number of aliphatic hydroxyl groups excluding tert-OH is 1. The van der Waals surface area contributed by atoms with Crippen LogP contribution in [0.3, 0.4) is 0 Å². The lowest BCUT2D eigenvalue weighted by Gasteiger charge is -2.06. The van der Waals surface area contributed by atoms with Crippen LogP contribution >= 0.6 is 0 Å². The first-order valence-corrected chi connectivity index (χ1v) is 3.67. The van der Waals surface area contributed by atoms with Gasteiger partial charge in [-0.2, -0.15) is 0 Å². The third-order valence-corrected chi connectivity index (χ3v) is 1.53. The van der Waals surface area contributed by atoms with E-state index in [0.29, 0.717) is 18.2 Å². The molecule has 1 aromatic heterocycles. The Kier molecular flexibility index (Phi) is 2.82. The number of hydrogen-bond acceptors (Lipinski definition) is 5. The van der Waals surface area contributed by atoms with E-state index in [9.17, 15) is 0 Å². The Hall–Kier alpha value is -1.36. The third-order valence-electron chi connectivity index (χ3n) is 1.53. The summed E-state index contributed by atoms with van der Waals surface area (Å²) in [5.41, 5.74) is 6.35. The van der Waals surface area contributed by atoms with Gasteiger partial charge in [0, 0.05) is 12.1 Å². The second kappa shape index (κ2) is 3.87. The van der Waals surface area contributed by atoms with Crippen LogP contribution in [0.15, 0.2) is 6.33 Å². The van der Waals surface area contributed by atoms with E-state index in [-0.39, 0.29) is 6.61 Å². The van der Waals surface area contributed by atoms with Gasteiger partial charge in [-0.1, -0.05) is 0 Å². The second-order valence-corrected chi connectivity index (χ2v) is 2.38. The highest BCUT2D eigenvalue weighted by Gasteiger charge is 2.01. The fourth-order valence-corrected chi connectivity index (χ4v) is 0.816. The van der Waals surface area contributed by atoms with E-state index in [1.54, 1.807) is 0 Å². The second-order valence-electron chi connectivity index (χ2n) is 2.38. The van der Waals surface area contributed by atoms with E-state index in [0.717, 1.165) is 5.56 Å².